The fourth-order valence-electron chi connectivity index (χ4n) is 1.84. The van der Waals surface area contributed by atoms with Crippen LogP contribution in [0.4, 0.5) is 0 Å². The standard InChI is InChI=1S/C14H20O/c1-3-4-13-7-11(2)8-14(9-13)15-10-12-5-6-12/h7-9,12H,3-6,10H2,1-2H3. The van der Waals surface area contributed by atoms with Gasteiger partial charge in [0.1, 0.15) is 5.75 Å². The summed E-state index contributed by atoms with van der Waals surface area (Å²) in [5, 5.41) is 0. The third kappa shape index (κ3) is 3.26. The first kappa shape index (κ1) is 10.5. The van der Waals surface area contributed by atoms with Gasteiger partial charge >= 0.3 is 0 Å². The predicted octanol–water partition coefficient (Wildman–Crippen LogP) is 3.74. The van der Waals surface area contributed by atoms with Gasteiger partial charge in [0.2, 0.25) is 0 Å². The normalized spacial score (nSPS) is 15.3. The van der Waals surface area contributed by atoms with Crippen LogP contribution in [-0.2, 0) is 6.42 Å². The molecular weight excluding hydrogens is 184 g/mol. The lowest BCUT2D eigenvalue weighted by atomic mass is 10.1. The molecule has 1 aromatic rings. The van der Waals surface area contributed by atoms with Crippen molar-refractivity contribution in [3.05, 3.63) is 29.3 Å². The van der Waals surface area contributed by atoms with Crippen LogP contribution >= 0.6 is 0 Å². The Labute approximate surface area is 92.5 Å². The van der Waals surface area contributed by atoms with Crippen molar-refractivity contribution in [1.82, 2.24) is 0 Å². The monoisotopic (exact) mass is 204 g/mol. The van der Waals surface area contributed by atoms with E-state index >= 15 is 0 Å². The van der Waals surface area contributed by atoms with Gasteiger partial charge in [-0.25, -0.2) is 0 Å². The van der Waals surface area contributed by atoms with E-state index in [9.17, 15) is 0 Å². The lowest BCUT2D eigenvalue weighted by molar-refractivity contribution is 0.299. The molecule has 0 amide bonds. The minimum absolute atomic E-state index is 0.833. The van der Waals surface area contributed by atoms with Crippen molar-refractivity contribution in [2.75, 3.05) is 6.61 Å². The molecule has 1 aliphatic rings. The average molecular weight is 204 g/mol. The van der Waals surface area contributed by atoms with Gasteiger partial charge in [0.25, 0.3) is 0 Å². The van der Waals surface area contributed by atoms with E-state index < -0.39 is 0 Å². The van der Waals surface area contributed by atoms with Crippen LogP contribution in [0.25, 0.3) is 0 Å². The van der Waals surface area contributed by atoms with Crippen LogP contribution < -0.4 is 4.74 Å². The third-order valence-corrected chi connectivity index (χ3v) is 2.83. The van der Waals surface area contributed by atoms with E-state index in [1.165, 1.54) is 30.4 Å². The SMILES string of the molecule is CCCc1cc(C)cc(OCC2CC2)c1. The Morgan fingerprint density at radius 1 is 1.27 bits per heavy atom. The van der Waals surface area contributed by atoms with E-state index in [0.29, 0.717) is 0 Å². The van der Waals surface area contributed by atoms with Crippen molar-refractivity contribution in [3.8, 4) is 5.75 Å². The molecule has 0 bridgehead atoms. The smallest absolute Gasteiger partial charge is 0.119 e. The van der Waals surface area contributed by atoms with E-state index in [0.717, 1.165) is 24.7 Å². The molecule has 1 fully saturated rings. The summed E-state index contributed by atoms with van der Waals surface area (Å²) < 4.78 is 5.80. The second kappa shape index (κ2) is 4.69. The van der Waals surface area contributed by atoms with Crippen molar-refractivity contribution in [2.45, 2.75) is 39.5 Å². The molecule has 82 valence electrons. The molecule has 0 N–H and O–H groups in total. The zero-order valence-corrected chi connectivity index (χ0v) is 9.75. The third-order valence-electron chi connectivity index (χ3n) is 2.83. The highest BCUT2D eigenvalue weighted by Gasteiger charge is 2.21. The molecule has 1 heteroatoms. The molecule has 1 aromatic carbocycles. The predicted molar refractivity (Wildman–Crippen MR) is 63.4 cm³/mol. The molecule has 0 atom stereocenters. The molecule has 0 aliphatic heterocycles. The van der Waals surface area contributed by atoms with Gasteiger partial charge in [-0.05, 0) is 55.4 Å². The van der Waals surface area contributed by atoms with Gasteiger partial charge in [0, 0.05) is 0 Å². The van der Waals surface area contributed by atoms with Crippen LogP contribution in [-0.4, -0.2) is 6.61 Å². The zero-order valence-electron chi connectivity index (χ0n) is 9.75. The highest BCUT2D eigenvalue weighted by molar-refractivity contribution is 5.34. The second-order valence-electron chi connectivity index (χ2n) is 4.66. The molecule has 15 heavy (non-hydrogen) atoms. The summed E-state index contributed by atoms with van der Waals surface area (Å²) in [6, 6.07) is 6.59. The van der Waals surface area contributed by atoms with E-state index in [1.807, 2.05) is 0 Å². The molecule has 0 heterocycles. The summed E-state index contributed by atoms with van der Waals surface area (Å²) in [7, 11) is 0. The summed E-state index contributed by atoms with van der Waals surface area (Å²) in [6.07, 6.45) is 5.06. The van der Waals surface area contributed by atoms with Crippen molar-refractivity contribution < 1.29 is 4.74 Å². The van der Waals surface area contributed by atoms with Gasteiger partial charge in [-0.2, -0.15) is 0 Å². The molecule has 0 saturated heterocycles. The lowest BCUT2D eigenvalue weighted by Gasteiger charge is -2.08. The Balaban J connectivity index is 2.00. The molecule has 0 aromatic heterocycles. The first-order valence-corrected chi connectivity index (χ1v) is 6.01. The molecule has 1 aliphatic carbocycles. The highest BCUT2D eigenvalue weighted by atomic mass is 16.5. The van der Waals surface area contributed by atoms with Crippen molar-refractivity contribution >= 4 is 0 Å². The van der Waals surface area contributed by atoms with Crippen LogP contribution in [0.3, 0.4) is 0 Å². The van der Waals surface area contributed by atoms with Crippen LogP contribution in [0.1, 0.15) is 37.3 Å². The van der Waals surface area contributed by atoms with E-state index in [1.54, 1.807) is 0 Å². The maximum atomic E-state index is 5.80. The van der Waals surface area contributed by atoms with Crippen LogP contribution in [0.15, 0.2) is 18.2 Å². The molecule has 2 rings (SSSR count). The largest absolute Gasteiger partial charge is 0.493 e. The number of hydrogen-bond donors (Lipinski definition) is 0. The molecule has 0 spiro atoms. The van der Waals surface area contributed by atoms with Gasteiger partial charge in [-0.1, -0.05) is 19.4 Å². The Morgan fingerprint density at radius 3 is 2.73 bits per heavy atom. The molecule has 0 radical (unpaired) electrons. The minimum atomic E-state index is 0.833. The van der Waals surface area contributed by atoms with Crippen LogP contribution in [0.2, 0.25) is 0 Å². The number of hydrogen-bond acceptors (Lipinski definition) is 1. The summed E-state index contributed by atoms with van der Waals surface area (Å²) >= 11 is 0. The topological polar surface area (TPSA) is 9.23 Å². The molecule has 1 saturated carbocycles. The average Bonchev–Trinajstić information content (AvgIpc) is 2.98. The quantitative estimate of drug-likeness (QED) is 0.710. The summed E-state index contributed by atoms with van der Waals surface area (Å²) in [6.45, 7) is 5.27. The molecular formula is C14H20O. The van der Waals surface area contributed by atoms with Gasteiger partial charge in [-0.15, -0.1) is 0 Å². The number of benzene rings is 1. The fourth-order valence-corrected chi connectivity index (χ4v) is 1.84. The first-order valence-electron chi connectivity index (χ1n) is 6.01. The Kier molecular flexibility index (Phi) is 3.30. The Hall–Kier alpha value is -0.980. The van der Waals surface area contributed by atoms with Crippen molar-refractivity contribution in [1.29, 1.82) is 0 Å². The van der Waals surface area contributed by atoms with Gasteiger partial charge in [0.15, 0.2) is 0 Å². The maximum Gasteiger partial charge on any atom is 0.119 e. The molecule has 1 nitrogen and oxygen atoms in total. The molecule has 0 unspecified atom stereocenters. The Bertz CT molecular complexity index is 326. The van der Waals surface area contributed by atoms with Gasteiger partial charge in [0.05, 0.1) is 6.61 Å². The van der Waals surface area contributed by atoms with E-state index in [-0.39, 0.29) is 0 Å². The minimum Gasteiger partial charge on any atom is -0.493 e. The van der Waals surface area contributed by atoms with Crippen molar-refractivity contribution in [3.63, 3.8) is 0 Å². The van der Waals surface area contributed by atoms with Gasteiger partial charge < -0.3 is 4.74 Å². The number of ether oxygens (including phenoxy) is 1. The zero-order chi connectivity index (χ0) is 10.7. The lowest BCUT2D eigenvalue weighted by Crippen LogP contribution is -1.99. The van der Waals surface area contributed by atoms with Crippen LogP contribution in [0, 0.1) is 12.8 Å². The summed E-state index contributed by atoms with van der Waals surface area (Å²) in [5.41, 5.74) is 2.72. The van der Waals surface area contributed by atoms with E-state index in [2.05, 4.69) is 32.0 Å². The Morgan fingerprint density at radius 2 is 2.07 bits per heavy atom. The highest BCUT2D eigenvalue weighted by Crippen LogP contribution is 2.30. The first-order chi connectivity index (χ1) is 7.28. The number of aryl methyl sites for hydroxylation is 2. The summed E-state index contributed by atoms with van der Waals surface area (Å²) in [5.74, 6) is 1.89. The van der Waals surface area contributed by atoms with Crippen molar-refractivity contribution in [2.24, 2.45) is 5.92 Å². The second-order valence-corrected chi connectivity index (χ2v) is 4.66. The maximum absolute atomic E-state index is 5.80. The number of rotatable bonds is 5. The van der Waals surface area contributed by atoms with E-state index in [4.69, 9.17) is 4.74 Å². The van der Waals surface area contributed by atoms with Gasteiger partial charge in [-0.3, -0.25) is 0 Å². The fraction of sp³-hybridized carbons (Fsp3) is 0.571. The van der Waals surface area contributed by atoms with Crippen LogP contribution in [0.5, 0.6) is 5.75 Å². The summed E-state index contributed by atoms with van der Waals surface area (Å²) in [4.78, 5) is 0.